The second kappa shape index (κ2) is 5.95. The van der Waals surface area contributed by atoms with E-state index in [1.807, 2.05) is 0 Å². The van der Waals surface area contributed by atoms with Crippen LogP contribution in [-0.2, 0) is 0 Å². The smallest absolute Gasteiger partial charge is 0.0621 e. The van der Waals surface area contributed by atoms with Gasteiger partial charge >= 0.3 is 0 Å². The van der Waals surface area contributed by atoms with Crippen LogP contribution >= 0.6 is 0 Å². The first-order chi connectivity index (χ1) is 6.38. The van der Waals surface area contributed by atoms with E-state index < -0.39 is 0 Å². The van der Waals surface area contributed by atoms with Gasteiger partial charge in [0.25, 0.3) is 0 Å². The fourth-order valence-corrected chi connectivity index (χ4v) is 1.92. The van der Waals surface area contributed by atoms with Crippen molar-refractivity contribution < 1.29 is 5.11 Å². The second-order valence-corrected chi connectivity index (χ2v) is 3.63. The number of nitriles is 1. The maximum Gasteiger partial charge on any atom is 0.0621 e. The molecule has 3 heteroatoms. The molecule has 0 spiro atoms. The van der Waals surface area contributed by atoms with Crippen molar-refractivity contribution in [2.75, 3.05) is 19.7 Å². The molecule has 0 unspecified atom stereocenters. The summed E-state index contributed by atoms with van der Waals surface area (Å²) in [7, 11) is 0. The van der Waals surface area contributed by atoms with Gasteiger partial charge in [0.05, 0.1) is 12.7 Å². The van der Waals surface area contributed by atoms with Crippen LogP contribution in [0.3, 0.4) is 0 Å². The van der Waals surface area contributed by atoms with Gasteiger partial charge in [-0.15, -0.1) is 0 Å². The molecular weight excluding hydrogens is 164 g/mol. The predicted molar refractivity (Wildman–Crippen MR) is 51.1 cm³/mol. The molecule has 0 aliphatic carbocycles. The highest BCUT2D eigenvalue weighted by Gasteiger charge is 2.22. The Hall–Kier alpha value is -0.590. The van der Waals surface area contributed by atoms with Crippen molar-refractivity contribution in [1.82, 2.24) is 4.90 Å². The maximum atomic E-state index is 9.05. The summed E-state index contributed by atoms with van der Waals surface area (Å²) < 4.78 is 0. The first-order valence-corrected chi connectivity index (χ1v) is 5.10. The molecule has 0 radical (unpaired) electrons. The van der Waals surface area contributed by atoms with Crippen molar-refractivity contribution in [3.8, 4) is 6.07 Å². The van der Waals surface area contributed by atoms with E-state index in [-0.39, 0.29) is 6.61 Å². The average molecular weight is 182 g/mol. The molecule has 1 aliphatic heterocycles. The molecule has 1 N–H and O–H groups in total. The molecule has 1 saturated heterocycles. The van der Waals surface area contributed by atoms with Crippen LogP contribution in [0.1, 0.15) is 32.1 Å². The number of aliphatic hydroxyl groups excluding tert-OH is 1. The molecule has 13 heavy (non-hydrogen) atoms. The van der Waals surface area contributed by atoms with E-state index >= 15 is 0 Å². The number of aliphatic hydroxyl groups is 1. The zero-order chi connectivity index (χ0) is 9.52. The van der Waals surface area contributed by atoms with Crippen molar-refractivity contribution >= 4 is 0 Å². The van der Waals surface area contributed by atoms with E-state index in [1.54, 1.807) is 0 Å². The van der Waals surface area contributed by atoms with Gasteiger partial charge in [-0.1, -0.05) is 0 Å². The van der Waals surface area contributed by atoms with Gasteiger partial charge in [0.1, 0.15) is 0 Å². The van der Waals surface area contributed by atoms with Crippen LogP contribution < -0.4 is 0 Å². The highest BCUT2D eigenvalue weighted by molar-refractivity contribution is 4.78. The highest BCUT2D eigenvalue weighted by atomic mass is 16.3. The van der Waals surface area contributed by atoms with Gasteiger partial charge in [-0.2, -0.15) is 5.26 Å². The summed E-state index contributed by atoms with van der Waals surface area (Å²) in [6, 6.07) is 2.54. The van der Waals surface area contributed by atoms with Crippen LogP contribution in [0.5, 0.6) is 0 Å². The van der Waals surface area contributed by atoms with Crippen molar-refractivity contribution in [2.24, 2.45) is 0 Å². The van der Waals surface area contributed by atoms with Crippen molar-refractivity contribution in [3.05, 3.63) is 0 Å². The van der Waals surface area contributed by atoms with Crippen LogP contribution in [0.15, 0.2) is 0 Å². The largest absolute Gasteiger partial charge is 0.395 e. The van der Waals surface area contributed by atoms with Crippen molar-refractivity contribution in [1.29, 1.82) is 5.26 Å². The monoisotopic (exact) mass is 182 g/mol. The van der Waals surface area contributed by atoms with Crippen molar-refractivity contribution in [2.45, 2.75) is 38.1 Å². The SMILES string of the molecule is N#CCCCCN1CCC[C@@H]1CO. The fourth-order valence-electron chi connectivity index (χ4n) is 1.92. The number of hydrogen-bond donors (Lipinski definition) is 1. The Morgan fingerprint density at radius 3 is 3.00 bits per heavy atom. The summed E-state index contributed by atoms with van der Waals surface area (Å²) in [6.07, 6.45) is 5.09. The number of nitrogens with zero attached hydrogens (tertiary/aromatic N) is 2. The van der Waals surface area contributed by atoms with Crippen molar-refractivity contribution in [3.63, 3.8) is 0 Å². The molecule has 0 saturated carbocycles. The standard InChI is InChI=1S/C10H18N2O/c11-6-2-1-3-7-12-8-4-5-10(12)9-13/h10,13H,1-5,7-9H2/t10-/m1/s1. The van der Waals surface area contributed by atoms with Crippen LogP contribution in [0.4, 0.5) is 0 Å². The molecule has 74 valence electrons. The summed E-state index contributed by atoms with van der Waals surface area (Å²) in [6.45, 7) is 2.46. The zero-order valence-corrected chi connectivity index (χ0v) is 8.08. The molecular formula is C10H18N2O. The molecule has 0 aromatic rings. The number of unbranched alkanes of at least 4 members (excludes halogenated alkanes) is 2. The van der Waals surface area contributed by atoms with Crippen LogP contribution in [0.25, 0.3) is 0 Å². The normalized spacial score (nSPS) is 23.2. The van der Waals surface area contributed by atoms with Gasteiger partial charge in [0.2, 0.25) is 0 Å². The van der Waals surface area contributed by atoms with Gasteiger partial charge in [-0.25, -0.2) is 0 Å². The molecule has 3 nitrogen and oxygen atoms in total. The lowest BCUT2D eigenvalue weighted by Crippen LogP contribution is -2.32. The van der Waals surface area contributed by atoms with Gasteiger partial charge in [0.15, 0.2) is 0 Å². The van der Waals surface area contributed by atoms with Gasteiger partial charge < -0.3 is 5.11 Å². The summed E-state index contributed by atoms with van der Waals surface area (Å²) in [5.74, 6) is 0. The van der Waals surface area contributed by atoms with E-state index in [0.29, 0.717) is 12.5 Å². The fraction of sp³-hybridized carbons (Fsp3) is 0.900. The Kier molecular flexibility index (Phi) is 4.81. The minimum Gasteiger partial charge on any atom is -0.395 e. The number of likely N-dealkylation sites (tertiary alicyclic amines) is 1. The Morgan fingerprint density at radius 1 is 1.46 bits per heavy atom. The molecule has 0 aromatic heterocycles. The molecule has 1 aliphatic rings. The van der Waals surface area contributed by atoms with Crippen LogP contribution in [0, 0.1) is 11.3 Å². The third kappa shape index (κ3) is 3.33. The van der Waals surface area contributed by atoms with E-state index in [4.69, 9.17) is 10.4 Å². The maximum absolute atomic E-state index is 9.05. The summed E-state index contributed by atoms with van der Waals surface area (Å²) >= 11 is 0. The Balaban J connectivity index is 2.10. The average Bonchev–Trinajstić information content (AvgIpc) is 2.60. The third-order valence-electron chi connectivity index (χ3n) is 2.69. The lowest BCUT2D eigenvalue weighted by atomic mass is 10.2. The molecule has 0 bridgehead atoms. The topological polar surface area (TPSA) is 47.3 Å². The lowest BCUT2D eigenvalue weighted by molar-refractivity contribution is 0.157. The van der Waals surface area contributed by atoms with E-state index in [0.717, 1.165) is 32.4 Å². The summed E-state index contributed by atoms with van der Waals surface area (Å²) in [4.78, 5) is 2.34. The minimum atomic E-state index is 0.290. The first kappa shape index (κ1) is 10.5. The second-order valence-electron chi connectivity index (χ2n) is 3.63. The molecule has 0 amide bonds. The van der Waals surface area contributed by atoms with Gasteiger partial charge in [0, 0.05) is 12.5 Å². The molecule has 1 fully saturated rings. The first-order valence-electron chi connectivity index (χ1n) is 5.10. The lowest BCUT2D eigenvalue weighted by Gasteiger charge is -2.22. The summed E-state index contributed by atoms with van der Waals surface area (Å²) in [5.41, 5.74) is 0. The van der Waals surface area contributed by atoms with Gasteiger partial charge in [-0.3, -0.25) is 4.90 Å². The predicted octanol–water partition coefficient (Wildman–Crippen LogP) is 1.14. The molecule has 0 aromatic carbocycles. The highest BCUT2D eigenvalue weighted by Crippen LogP contribution is 2.17. The van der Waals surface area contributed by atoms with E-state index in [2.05, 4.69) is 11.0 Å². The van der Waals surface area contributed by atoms with Crippen LogP contribution in [-0.4, -0.2) is 35.7 Å². The molecule has 1 heterocycles. The van der Waals surface area contributed by atoms with E-state index in [9.17, 15) is 0 Å². The quantitative estimate of drug-likeness (QED) is 0.648. The minimum absolute atomic E-state index is 0.290. The Morgan fingerprint density at radius 2 is 2.31 bits per heavy atom. The number of rotatable bonds is 5. The molecule has 1 atom stereocenters. The number of hydrogen-bond acceptors (Lipinski definition) is 3. The summed E-state index contributed by atoms with van der Waals surface area (Å²) in [5, 5.41) is 17.4. The Labute approximate surface area is 80.0 Å². The van der Waals surface area contributed by atoms with E-state index in [1.165, 1.54) is 6.42 Å². The third-order valence-corrected chi connectivity index (χ3v) is 2.69. The molecule has 1 rings (SSSR count). The Bertz CT molecular complexity index is 176. The zero-order valence-electron chi connectivity index (χ0n) is 8.08. The van der Waals surface area contributed by atoms with Gasteiger partial charge in [-0.05, 0) is 38.8 Å². The van der Waals surface area contributed by atoms with Crippen LogP contribution in [0.2, 0.25) is 0 Å².